The molecule has 0 bridgehead atoms. The van der Waals surface area contributed by atoms with Crippen LogP contribution in [-0.4, -0.2) is 38.0 Å². The van der Waals surface area contributed by atoms with Crippen molar-refractivity contribution in [3.63, 3.8) is 0 Å². The molecule has 2 aromatic heterocycles. The zero-order valence-electron chi connectivity index (χ0n) is 16.4. The summed E-state index contributed by atoms with van der Waals surface area (Å²) in [5, 5.41) is 9.73. The summed E-state index contributed by atoms with van der Waals surface area (Å²) in [5.41, 5.74) is 3.88. The maximum atomic E-state index is 13.7. The van der Waals surface area contributed by atoms with Gasteiger partial charge in [-0.15, -0.1) is 0 Å². The van der Waals surface area contributed by atoms with E-state index in [9.17, 15) is 14.0 Å². The van der Waals surface area contributed by atoms with Gasteiger partial charge in [-0.25, -0.2) is 14.2 Å². The van der Waals surface area contributed by atoms with Crippen LogP contribution in [0.4, 0.5) is 4.39 Å². The number of aromatic nitrogens is 2. The predicted octanol–water partition coefficient (Wildman–Crippen LogP) is 3.53. The van der Waals surface area contributed by atoms with E-state index in [0.717, 1.165) is 34.8 Å². The minimum absolute atomic E-state index is 0.00814. The van der Waals surface area contributed by atoms with Crippen LogP contribution >= 0.6 is 0 Å². The van der Waals surface area contributed by atoms with Gasteiger partial charge in [0.2, 0.25) is 5.91 Å². The lowest BCUT2D eigenvalue weighted by Crippen LogP contribution is -2.36. The first-order chi connectivity index (χ1) is 14.5. The van der Waals surface area contributed by atoms with Gasteiger partial charge in [-0.3, -0.25) is 4.79 Å². The maximum Gasteiger partial charge on any atom is 0.327 e. The zero-order valence-corrected chi connectivity index (χ0v) is 16.4. The van der Waals surface area contributed by atoms with Gasteiger partial charge in [0.25, 0.3) is 0 Å². The third-order valence-corrected chi connectivity index (χ3v) is 5.38. The zero-order chi connectivity index (χ0) is 21.1. The van der Waals surface area contributed by atoms with Crippen molar-refractivity contribution >= 4 is 22.9 Å². The van der Waals surface area contributed by atoms with Crippen molar-refractivity contribution in [3.8, 4) is 0 Å². The Hall–Kier alpha value is -3.48. The molecule has 154 valence electrons. The second-order valence-electron chi connectivity index (χ2n) is 7.36. The number of allylic oxidation sites excluding steroid dienone is 1. The minimum Gasteiger partial charge on any atom is -0.478 e. The molecule has 6 nitrogen and oxygen atoms in total. The fraction of sp³-hybridized carbons (Fsp3) is 0.261. The molecule has 0 fully saturated rings. The highest BCUT2D eigenvalue weighted by Gasteiger charge is 2.26. The topological polar surface area (TPSA) is 75.4 Å². The molecular formula is C23H22FN3O3. The quantitative estimate of drug-likeness (QED) is 0.635. The van der Waals surface area contributed by atoms with Gasteiger partial charge >= 0.3 is 5.97 Å². The number of aliphatic carboxylic acids is 1. The molecule has 3 heterocycles. The second kappa shape index (κ2) is 8.49. The number of fused-ring (bicyclic) bond motifs is 3. The van der Waals surface area contributed by atoms with Gasteiger partial charge in [0.15, 0.2) is 0 Å². The molecule has 1 aromatic carbocycles. The highest BCUT2D eigenvalue weighted by Crippen LogP contribution is 2.30. The van der Waals surface area contributed by atoms with Gasteiger partial charge < -0.3 is 14.6 Å². The Morgan fingerprint density at radius 1 is 1.23 bits per heavy atom. The third kappa shape index (κ3) is 4.10. The summed E-state index contributed by atoms with van der Waals surface area (Å²) in [6, 6.07) is 10.5. The molecule has 0 saturated heterocycles. The number of hydrogen-bond acceptors (Lipinski definition) is 3. The third-order valence-electron chi connectivity index (χ3n) is 5.38. The van der Waals surface area contributed by atoms with Crippen molar-refractivity contribution in [2.45, 2.75) is 32.4 Å². The summed E-state index contributed by atoms with van der Waals surface area (Å²) >= 11 is 0. The molecule has 0 saturated carbocycles. The predicted molar refractivity (Wildman–Crippen MR) is 110 cm³/mol. The number of carboxylic acids is 1. The molecule has 0 aliphatic carbocycles. The average molecular weight is 407 g/mol. The van der Waals surface area contributed by atoms with Crippen LogP contribution in [0.1, 0.15) is 29.7 Å². The standard InChI is InChI=1S/C23H22FN3O3/c24-17-6-3-5-16(13-17)14-27-20-15-26(21(28)8-1-2-9-22(29)30)12-10-18(20)19-7-4-11-25-23(19)27/h2-7,9,11,13H,1,8,10,12,14-15H2,(H,29,30)/b9-2-. The number of hydrogen-bond donors (Lipinski definition) is 1. The Kier molecular flexibility index (Phi) is 5.61. The fourth-order valence-electron chi connectivity index (χ4n) is 4.01. The van der Waals surface area contributed by atoms with E-state index in [-0.39, 0.29) is 18.1 Å². The van der Waals surface area contributed by atoms with Crippen LogP contribution in [-0.2, 0) is 29.1 Å². The van der Waals surface area contributed by atoms with E-state index in [4.69, 9.17) is 5.11 Å². The highest BCUT2D eigenvalue weighted by atomic mass is 19.1. The first kappa shape index (κ1) is 19.8. The SMILES string of the molecule is O=C(O)/C=C\CCC(=O)N1CCc2c(n(Cc3cccc(F)c3)c3ncccc23)C1. The Morgan fingerprint density at radius 2 is 2.10 bits per heavy atom. The molecule has 7 heteroatoms. The monoisotopic (exact) mass is 407 g/mol. The normalized spacial score (nSPS) is 13.7. The van der Waals surface area contributed by atoms with Crippen LogP contribution in [0, 0.1) is 5.82 Å². The average Bonchev–Trinajstić information content (AvgIpc) is 3.04. The number of carbonyl (C=O) groups is 2. The molecule has 0 radical (unpaired) electrons. The largest absolute Gasteiger partial charge is 0.478 e. The van der Waals surface area contributed by atoms with Crippen LogP contribution in [0.25, 0.3) is 11.0 Å². The van der Waals surface area contributed by atoms with E-state index in [2.05, 4.69) is 9.55 Å². The van der Waals surface area contributed by atoms with Crippen molar-refractivity contribution in [1.29, 1.82) is 0 Å². The second-order valence-corrected chi connectivity index (χ2v) is 7.36. The Labute approximate surface area is 173 Å². The number of rotatable bonds is 6. The summed E-state index contributed by atoms with van der Waals surface area (Å²) in [6.07, 6.45) is 5.69. The number of nitrogens with zero attached hydrogens (tertiary/aromatic N) is 3. The number of benzene rings is 1. The first-order valence-electron chi connectivity index (χ1n) is 9.89. The van der Waals surface area contributed by atoms with Crippen LogP contribution < -0.4 is 0 Å². The smallest absolute Gasteiger partial charge is 0.327 e. The summed E-state index contributed by atoms with van der Waals surface area (Å²) in [6.45, 7) is 1.55. The number of pyridine rings is 1. The number of amides is 1. The molecule has 30 heavy (non-hydrogen) atoms. The van der Waals surface area contributed by atoms with Gasteiger partial charge in [-0.2, -0.15) is 0 Å². The van der Waals surface area contributed by atoms with E-state index in [1.54, 1.807) is 17.2 Å². The lowest BCUT2D eigenvalue weighted by molar-refractivity contribution is -0.133. The summed E-state index contributed by atoms with van der Waals surface area (Å²) in [4.78, 5) is 29.6. The van der Waals surface area contributed by atoms with E-state index in [1.807, 2.05) is 18.2 Å². The lowest BCUT2D eigenvalue weighted by atomic mass is 10.0. The van der Waals surface area contributed by atoms with Crippen molar-refractivity contribution < 1.29 is 19.1 Å². The maximum absolute atomic E-state index is 13.7. The molecule has 3 aromatic rings. The van der Waals surface area contributed by atoms with Gasteiger partial charge in [0.1, 0.15) is 11.5 Å². The van der Waals surface area contributed by atoms with Crippen molar-refractivity contribution in [3.05, 3.63) is 77.4 Å². The fourth-order valence-corrected chi connectivity index (χ4v) is 4.01. The lowest BCUT2D eigenvalue weighted by Gasteiger charge is -2.28. The summed E-state index contributed by atoms with van der Waals surface area (Å²) in [7, 11) is 0. The molecule has 1 aliphatic heterocycles. The Bertz CT molecular complexity index is 1140. The van der Waals surface area contributed by atoms with Crippen molar-refractivity contribution in [2.75, 3.05) is 6.54 Å². The van der Waals surface area contributed by atoms with Crippen LogP contribution in [0.5, 0.6) is 0 Å². The Morgan fingerprint density at radius 3 is 2.90 bits per heavy atom. The number of carboxylic acid groups (broad SMARTS) is 1. The van der Waals surface area contributed by atoms with Crippen LogP contribution in [0.3, 0.4) is 0 Å². The highest BCUT2D eigenvalue weighted by molar-refractivity contribution is 5.84. The molecule has 1 amide bonds. The van der Waals surface area contributed by atoms with Gasteiger partial charge in [0.05, 0.1) is 6.54 Å². The first-order valence-corrected chi connectivity index (χ1v) is 9.89. The molecule has 0 unspecified atom stereocenters. The minimum atomic E-state index is -1.01. The van der Waals surface area contributed by atoms with Crippen molar-refractivity contribution in [1.82, 2.24) is 14.5 Å². The van der Waals surface area contributed by atoms with Crippen molar-refractivity contribution in [2.24, 2.45) is 0 Å². The van der Waals surface area contributed by atoms with E-state index in [1.165, 1.54) is 23.8 Å². The Balaban J connectivity index is 1.61. The number of carbonyl (C=O) groups excluding carboxylic acids is 1. The molecule has 0 spiro atoms. The molecule has 1 N–H and O–H groups in total. The van der Waals surface area contributed by atoms with E-state index >= 15 is 0 Å². The summed E-state index contributed by atoms with van der Waals surface area (Å²) in [5.74, 6) is -1.30. The molecule has 4 rings (SSSR count). The van der Waals surface area contributed by atoms with E-state index < -0.39 is 5.97 Å². The molecule has 0 atom stereocenters. The van der Waals surface area contributed by atoms with E-state index in [0.29, 0.717) is 26.1 Å². The molecular weight excluding hydrogens is 385 g/mol. The van der Waals surface area contributed by atoms with Gasteiger partial charge in [-0.05, 0) is 48.2 Å². The van der Waals surface area contributed by atoms with Gasteiger partial charge in [0, 0.05) is 42.9 Å². The molecule has 1 aliphatic rings. The van der Waals surface area contributed by atoms with Crippen LogP contribution in [0.15, 0.2) is 54.7 Å². The van der Waals surface area contributed by atoms with Crippen LogP contribution in [0.2, 0.25) is 0 Å². The number of halogens is 1. The summed E-state index contributed by atoms with van der Waals surface area (Å²) < 4.78 is 15.8. The van der Waals surface area contributed by atoms with Gasteiger partial charge in [-0.1, -0.05) is 18.2 Å².